The van der Waals surface area contributed by atoms with Gasteiger partial charge in [0.1, 0.15) is 5.76 Å². The molecule has 0 bridgehead atoms. The summed E-state index contributed by atoms with van der Waals surface area (Å²) in [5.41, 5.74) is 9.38. The number of hydrogen-bond donors (Lipinski definition) is 1. The van der Waals surface area contributed by atoms with Gasteiger partial charge in [0.15, 0.2) is 0 Å². The van der Waals surface area contributed by atoms with Gasteiger partial charge in [-0.2, -0.15) is 0 Å². The zero-order chi connectivity index (χ0) is 20.3. The van der Waals surface area contributed by atoms with E-state index < -0.39 is 0 Å². The van der Waals surface area contributed by atoms with Crippen molar-refractivity contribution < 1.29 is 4.42 Å². The van der Waals surface area contributed by atoms with Crippen LogP contribution in [0.2, 0.25) is 0 Å². The Kier molecular flexibility index (Phi) is 10.8. The molecule has 154 valence electrons. The largest absolute Gasteiger partial charge is 0.467 e. The molecule has 0 saturated carbocycles. The normalized spacial score (nSPS) is 15.7. The van der Waals surface area contributed by atoms with Crippen LogP contribution in [0.4, 0.5) is 0 Å². The fourth-order valence-electron chi connectivity index (χ4n) is 3.54. The van der Waals surface area contributed by atoms with E-state index in [9.17, 15) is 0 Å². The summed E-state index contributed by atoms with van der Waals surface area (Å²) in [6.45, 7) is 13.4. The van der Waals surface area contributed by atoms with Crippen molar-refractivity contribution >= 4 is 0 Å². The lowest BCUT2D eigenvalue weighted by Crippen LogP contribution is -2.37. The van der Waals surface area contributed by atoms with Crippen LogP contribution >= 0.6 is 0 Å². The first-order valence-electron chi connectivity index (χ1n) is 10.8. The second-order valence-corrected chi connectivity index (χ2v) is 9.14. The molecule has 1 rings (SSSR count). The molecular weight excluding hydrogens is 330 g/mol. The van der Waals surface area contributed by atoms with Gasteiger partial charge in [-0.25, -0.2) is 0 Å². The Morgan fingerprint density at radius 2 is 1.41 bits per heavy atom. The van der Waals surface area contributed by atoms with Crippen LogP contribution in [-0.2, 0) is 5.54 Å². The Hall–Kier alpha value is -1.28. The predicted molar refractivity (Wildman–Crippen MR) is 119 cm³/mol. The van der Waals surface area contributed by atoms with E-state index in [-0.39, 0.29) is 5.54 Å². The Morgan fingerprint density at radius 1 is 0.926 bits per heavy atom. The maximum Gasteiger partial charge on any atom is 0.123 e. The van der Waals surface area contributed by atoms with Crippen molar-refractivity contribution in [2.45, 2.75) is 98.4 Å². The number of allylic oxidation sites excluding steroid dienone is 4. The summed E-state index contributed by atoms with van der Waals surface area (Å²) in [6, 6.07) is 4.02. The van der Waals surface area contributed by atoms with Gasteiger partial charge in [-0.3, -0.25) is 0 Å². The average molecular weight is 374 g/mol. The summed E-state index contributed by atoms with van der Waals surface area (Å²) in [6.07, 6.45) is 15.5. The molecule has 1 aromatic rings. The van der Waals surface area contributed by atoms with Gasteiger partial charge in [-0.15, -0.1) is 0 Å². The summed E-state index contributed by atoms with van der Waals surface area (Å²) in [5.74, 6) is 2.33. The van der Waals surface area contributed by atoms with Crippen molar-refractivity contribution in [3.63, 3.8) is 0 Å². The van der Waals surface area contributed by atoms with Crippen LogP contribution in [0, 0.1) is 11.8 Å². The maximum atomic E-state index is 6.90. The van der Waals surface area contributed by atoms with E-state index in [2.05, 4.69) is 59.8 Å². The summed E-state index contributed by atoms with van der Waals surface area (Å²) < 4.78 is 5.74. The molecule has 0 saturated heterocycles. The van der Waals surface area contributed by atoms with Gasteiger partial charge in [0.2, 0.25) is 0 Å². The van der Waals surface area contributed by atoms with Gasteiger partial charge in [0.05, 0.1) is 11.8 Å². The highest BCUT2D eigenvalue weighted by Gasteiger charge is 2.30. The number of hydrogen-bond acceptors (Lipinski definition) is 2. The van der Waals surface area contributed by atoms with Crippen LogP contribution in [0.5, 0.6) is 0 Å². The van der Waals surface area contributed by atoms with Crippen LogP contribution in [0.15, 0.2) is 46.1 Å². The van der Waals surface area contributed by atoms with Gasteiger partial charge >= 0.3 is 0 Å². The Labute approximate surface area is 168 Å². The molecule has 0 aliphatic heterocycles. The Morgan fingerprint density at radius 3 is 1.78 bits per heavy atom. The third-order valence-corrected chi connectivity index (χ3v) is 5.60. The second kappa shape index (κ2) is 12.2. The molecule has 2 unspecified atom stereocenters. The number of furan rings is 1. The first-order valence-corrected chi connectivity index (χ1v) is 10.8. The predicted octanol–water partition coefficient (Wildman–Crippen LogP) is 7.76. The van der Waals surface area contributed by atoms with Gasteiger partial charge in [-0.05, 0) is 103 Å². The van der Waals surface area contributed by atoms with Crippen LogP contribution in [0.1, 0.15) is 98.7 Å². The molecular formula is C25H43NO. The molecule has 0 radical (unpaired) electrons. The van der Waals surface area contributed by atoms with Crippen molar-refractivity contribution in [2.75, 3.05) is 0 Å². The highest BCUT2D eigenvalue weighted by Crippen LogP contribution is 2.33. The van der Waals surface area contributed by atoms with Crippen LogP contribution in [0.25, 0.3) is 0 Å². The lowest BCUT2D eigenvalue weighted by Gasteiger charge is -2.30. The van der Waals surface area contributed by atoms with Gasteiger partial charge in [-0.1, -0.05) is 37.1 Å². The summed E-state index contributed by atoms with van der Waals surface area (Å²) in [7, 11) is 0. The summed E-state index contributed by atoms with van der Waals surface area (Å²) in [5, 5.41) is 0. The van der Waals surface area contributed by atoms with E-state index >= 15 is 0 Å². The molecule has 0 fully saturated rings. The Bertz CT molecular complexity index is 527. The first-order chi connectivity index (χ1) is 12.7. The zero-order valence-electron chi connectivity index (χ0n) is 18.7. The molecule has 0 aliphatic rings. The topological polar surface area (TPSA) is 39.2 Å². The number of nitrogens with two attached hydrogens (primary N) is 1. The maximum absolute atomic E-state index is 6.90. The van der Waals surface area contributed by atoms with E-state index in [1.54, 1.807) is 6.26 Å². The third kappa shape index (κ3) is 10.0. The minimum Gasteiger partial charge on any atom is -0.467 e. The molecule has 0 aromatic carbocycles. The summed E-state index contributed by atoms with van der Waals surface area (Å²) >= 11 is 0. The van der Waals surface area contributed by atoms with Crippen LogP contribution < -0.4 is 5.73 Å². The molecule has 2 atom stereocenters. The Balaban J connectivity index is 2.57. The van der Waals surface area contributed by atoms with Gasteiger partial charge < -0.3 is 10.2 Å². The van der Waals surface area contributed by atoms with Crippen molar-refractivity contribution in [1.82, 2.24) is 0 Å². The highest BCUT2D eigenvalue weighted by molar-refractivity contribution is 5.11. The fourth-order valence-corrected chi connectivity index (χ4v) is 3.54. The quantitative estimate of drug-likeness (QED) is 0.359. The monoisotopic (exact) mass is 373 g/mol. The van der Waals surface area contributed by atoms with E-state index in [0.29, 0.717) is 11.8 Å². The van der Waals surface area contributed by atoms with E-state index in [0.717, 1.165) is 31.4 Å². The molecule has 1 aromatic heterocycles. The standard InChI is InChI=1S/C25H43NO/c1-20(2)10-7-12-22(5)15-17-25(26,24-14-9-19-27-24)18-16-23(6)13-8-11-21(3)4/h9-11,14,19,22-23H,7-8,12-13,15-18,26H2,1-6H3. The number of rotatable bonds is 13. The molecule has 0 spiro atoms. The molecule has 27 heavy (non-hydrogen) atoms. The molecule has 2 N–H and O–H groups in total. The van der Waals surface area contributed by atoms with Crippen molar-refractivity contribution in [3.8, 4) is 0 Å². The first kappa shape index (κ1) is 23.8. The van der Waals surface area contributed by atoms with Crippen molar-refractivity contribution in [2.24, 2.45) is 17.6 Å². The lowest BCUT2D eigenvalue weighted by atomic mass is 9.81. The van der Waals surface area contributed by atoms with Gasteiger partial charge in [0, 0.05) is 0 Å². The van der Waals surface area contributed by atoms with Gasteiger partial charge in [0.25, 0.3) is 0 Å². The van der Waals surface area contributed by atoms with Crippen molar-refractivity contribution in [1.29, 1.82) is 0 Å². The molecule has 2 heteroatoms. The minimum absolute atomic E-state index is 0.334. The lowest BCUT2D eigenvalue weighted by molar-refractivity contribution is 0.255. The average Bonchev–Trinajstić information content (AvgIpc) is 3.13. The van der Waals surface area contributed by atoms with Crippen LogP contribution in [0.3, 0.4) is 0 Å². The smallest absolute Gasteiger partial charge is 0.123 e. The molecule has 0 aliphatic carbocycles. The third-order valence-electron chi connectivity index (χ3n) is 5.60. The van der Waals surface area contributed by atoms with E-state index in [4.69, 9.17) is 10.2 Å². The molecule has 1 heterocycles. The van der Waals surface area contributed by atoms with Crippen LogP contribution in [-0.4, -0.2) is 0 Å². The fraction of sp³-hybridized carbons (Fsp3) is 0.680. The van der Waals surface area contributed by atoms with E-state index in [1.807, 2.05) is 6.07 Å². The SMILES string of the molecule is CC(C)=CCCC(C)CCC(N)(CCC(C)CCC=C(C)C)c1ccco1. The second-order valence-electron chi connectivity index (χ2n) is 9.14. The molecule has 0 amide bonds. The molecule has 2 nitrogen and oxygen atoms in total. The van der Waals surface area contributed by atoms with Crippen molar-refractivity contribution in [3.05, 3.63) is 47.5 Å². The minimum atomic E-state index is -0.334. The highest BCUT2D eigenvalue weighted by atomic mass is 16.3. The summed E-state index contributed by atoms with van der Waals surface area (Å²) in [4.78, 5) is 0. The van der Waals surface area contributed by atoms with E-state index in [1.165, 1.54) is 36.8 Å². The zero-order valence-corrected chi connectivity index (χ0v) is 18.7.